The molecule has 38 heavy (non-hydrogen) atoms. The van der Waals surface area contributed by atoms with Crippen molar-refractivity contribution in [2.45, 2.75) is 30.9 Å². The van der Waals surface area contributed by atoms with Gasteiger partial charge in [0.15, 0.2) is 9.84 Å². The second-order valence-corrected chi connectivity index (χ2v) is 11.4. The van der Waals surface area contributed by atoms with Crippen LogP contribution in [0.3, 0.4) is 0 Å². The number of anilines is 2. The van der Waals surface area contributed by atoms with E-state index in [-0.39, 0.29) is 23.0 Å². The van der Waals surface area contributed by atoms with Gasteiger partial charge in [0.2, 0.25) is 5.96 Å². The third-order valence-corrected chi connectivity index (χ3v) is 7.32. The maximum absolute atomic E-state index is 14.2. The number of urea groups is 1. The van der Waals surface area contributed by atoms with Crippen molar-refractivity contribution in [1.82, 2.24) is 10.2 Å². The van der Waals surface area contributed by atoms with Crippen molar-refractivity contribution in [3.05, 3.63) is 59.9 Å². The number of nitrogens with one attached hydrogen (secondary N) is 2. The monoisotopic (exact) mass is 545 g/mol. The van der Waals surface area contributed by atoms with E-state index in [0.29, 0.717) is 43.6 Å². The summed E-state index contributed by atoms with van der Waals surface area (Å²) in [5, 5.41) is 14.6. The number of sulfone groups is 1. The number of benzene rings is 2. The van der Waals surface area contributed by atoms with Gasteiger partial charge in [0.1, 0.15) is 5.82 Å². The molecule has 0 aliphatic carbocycles. The van der Waals surface area contributed by atoms with Gasteiger partial charge in [0.05, 0.1) is 36.0 Å². The first-order valence-electron chi connectivity index (χ1n) is 12.3. The van der Waals surface area contributed by atoms with Crippen molar-refractivity contribution >= 4 is 38.9 Å². The molecule has 2 aromatic rings. The Morgan fingerprint density at radius 2 is 2.00 bits per heavy atom. The van der Waals surface area contributed by atoms with Gasteiger partial charge in [0.25, 0.3) is 0 Å². The van der Waals surface area contributed by atoms with Crippen molar-refractivity contribution in [3.8, 4) is 0 Å². The van der Waals surface area contributed by atoms with E-state index in [0.717, 1.165) is 18.0 Å². The van der Waals surface area contributed by atoms with Gasteiger partial charge in [0, 0.05) is 42.8 Å². The Hall–Kier alpha value is -3.48. The van der Waals surface area contributed by atoms with Crippen LogP contribution in [-0.2, 0) is 14.6 Å². The van der Waals surface area contributed by atoms with Crippen LogP contribution in [0, 0.1) is 5.82 Å². The number of morpholine rings is 1. The van der Waals surface area contributed by atoms with Gasteiger partial charge in [-0.05, 0) is 62.4 Å². The molecule has 3 N–H and O–H groups in total. The predicted molar refractivity (Wildman–Crippen MR) is 144 cm³/mol. The maximum atomic E-state index is 14.2. The summed E-state index contributed by atoms with van der Waals surface area (Å²) in [4.78, 5) is 21.0. The van der Waals surface area contributed by atoms with Crippen molar-refractivity contribution in [3.63, 3.8) is 0 Å². The molecule has 0 radical (unpaired) electrons. The number of hydrogen-bond donors (Lipinski definition) is 3. The van der Waals surface area contributed by atoms with Crippen LogP contribution in [0.4, 0.5) is 20.6 Å². The van der Waals surface area contributed by atoms with Crippen LogP contribution < -0.4 is 15.5 Å². The number of aliphatic hydroxyl groups excluding tert-OH is 1. The first-order chi connectivity index (χ1) is 18.0. The lowest BCUT2D eigenvalue weighted by Gasteiger charge is -2.41. The first-order valence-corrected chi connectivity index (χ1v) is 14.2. The van der Waals surface area contributed by atoms with E-state index in [1.54, 1.807) is 25.1 Å². The summed E-state index contributed by atoms with van der Waals surface area (Å²) in [7, 11) is -3.62. The smallest absolute Gasteiger partial charge is 0.319 e. The summed E-state index contributed by atoms with van der Waals surface area (Å²) < 4.78 is 44.7. The molecule has 204 valence electrons. The minimum absolute atomic E-state index is 0.00444. The number of halogens is 1. The molecule has 2 atom stereocenters. The van der Waals surface area contributed by atoms with Gasteiger partial charge in [-0.25, -0.2) is 22.6 Å². The molecule has 4 rings (SSSR count). The SMILES string of the molecule is C[C@@H](O)CNC(=O)Nc1ccc(N2CC=C(c3cc(F)ccc3S(C)(=O)=O)N=C2N2CCOC[C@@H]2C)cc1. The topological polar surface area (TPSA) is 124 Å². The van der Waals surface area contributed by atoms with Crippen molar-refractivity contribution in [1.29, 1.82) is 0 Å². The van der Waals surface area contributed by atoms with Crippen molar-refractivity contribution < 1.29 is 27.4 Å². The average Bonchev–Trinajstić information content (AvgIpc) is 2.87. The number of aliphatic imine (C=N–C) groups is 1. The summed E-state index contributed by atoms with van der Waals surface area (Å²) in [5.74, 6) is 0.0465. The highest BCUT2D eigenvalue weighted by Crippen LogP contribution is 2.31. The standard InChI is InChI=1S/C26H32FN5O5S/c1-17-16-37-13-12-31(17)26-30-23(22-14-19(27)4-9-24(22)38(3,35)36)10-11-32(26)21-7-5-20(6-8-21)29-25(34)28-15-18(2)33/h4-10,14,17-18,33H,11-13,15-16H2,1-3H3,(H2,28,29,34)/t17-,18+/m0/s1. The number of rotatable bonds is 6. The molecule has 0 saturated carbocycles. The molecule has 2 aliphatic rings. The highest BCUT2D eigenvalue weighted by atomic mass is 32.2. The molecule has 1 fully saturated rings. The van der Waals surface area contributed by atoms with E-state index in [4.69, 9.17) is 9.73 Å². The number of nitrogens with zero attached hydrogens (tertiary/aromatic N) is 3. The summed E-state index contributed by atoms with van der Waals surface area (Å²) in [5.41, 5.74) is 1.97. The van der Waals surface area contributed by atoms with E-state index < -0.39 is 27.8 Å². The maximum Gasteiger partial charge on any atom is 0.319 e. The van der Waals surface area contributed by atoms with Crippen LogP contribution in [0.5, 0.6) is 0 Å². The second kappa shape index (κ2) is 11.5. The zero-order chi connectivity index (χ0) is 27.4. The zero-order valence-corrected chi connectivity index (χ0v) is 22.3. The third kappa shape index (κ3) is 6.50. The number of aliphatic hydroxyl groups is 1. The van der Waals surface area contributed by atoms with Crippen LogP contribution >= 0.6 is 0 Å². The van der Waals surface area contributed by atoms with Crippen LogP contribution in [0.2, 0.25) is 0 Å². The van der Waals surface area contributed by atoms with Gasteiger partial charge in [-0.1, -0.05) is 0 Å². The molecular formula is C26H32FN5O5S. The van der Waals surface area contributed by atoms with Gasteiger partial charge >= 0.3 is 6.03 Å². The molecule has 1 saturated heterocycles. The molecule has 0 unspecified atom stereocenters. The molecule has 0 aromatic heterocycles. The molecule has 10 nitrogen and oxygen atoms in total. The fourth-order valence-corrected chi connectivity index (χ4v) is 5.15. The predicted octanol–water partition coefficient (Wildman–Crippen LogP) is 2.67. The van der Waals surface area contributed by atoms with E-state index in [1.807, 2.05) is 24.0 Å². The summed E-state index contributed by atoms with van der Waals surface area (Å²) in [6, 6.07) is 10.4. The minimum Gasteiger partial charge on any atom is -0.392 e. The lowest BCUT2D eigenvalue weighted by Crippen LogP contribution is -2.54. The van der Waals surface area contributed by atoms with Gasteiger partial charge < -0.3 is 30.3 Å². The number of carbonyl (C=O) groups is 1. The second-order valence-electron chi connectivity index (χ2n) is 9.37. The first kappa shape index (κ1) is 27.6. The fraction of sp³-hybridized carbons (Fsp3) is 0.385. The van der Waals surface area contributed by atoms with Crippen LogP contribution in [-0.4, -0.2) is 81.7 Å². The number of carbonyl (C=O) groups excluding carboxylic acids is 1. The van der Waals surface area contributed by atoms with Crippen LogP contribution in [0.15, 0.2) is 58.4 Å². The average molecular weight is 546 g/mol. The molecule has 2 aliphatic heterocycles. The molecular weight excluding hydrogens is 513 g/mol. The lowest BCUT2D eigenvalue weighted by atomic mass is 10.1. The Morgan fingerprint density at radius 3 is 2.66 bits per heavy atom. The van der Waals surface area contributed by atoms with Gasteiger partial charge in [-0.15, -0.1) is 0 Å². The number of guanidine groups is 1. The largest absolute Gasteiger partial charge is 0.392 e. The van der Waals surface area contributed by atoms with Crippen molar-refractivity contribution in [2.24, 2.45) is 4.99 Å². The summed E-state index contributed by atoms with van der Waals surface area (Å²) in [6.07, 6.45) is 2.21. The van der Waals surface area contributed by atoms with E-state index >= 15 is 0 Å². The van der Waals surface area contributed by atoms with Crippen LogP contribution in [0.25, 0.3) is 5.70 Å². The Bertz CT molecular complexity index is 1340. The summed E-state index contributed by atoms with van der Waals surface area (Å²) >= 11 is 0. The molecule has 2 amide bonds. The molecule has 0 spiro atoms. The number of amides is 2. The van der Waals surface area contributed by atoms with E-state index in [1.165, 1.54) is 12.1 Å². The summed E-state index contributed by atoms with van der Waals surface area (Å²) in [6.45, 7) is 5.68. The Morgan fingerprint density at radius 1 is 1.26 bits per heavy atom. The van der Waals surface area contributed by atoms with E-state index in [2.05, 4.69) is 15.5 Å². The lowest BCUT2D eigenvalue weighted by molar-refractivity contribution is 0.0324. The Balaban J connectivity index is 1.66. The zero-order valence-electron chi connectivity index (χ0n) is 21.5. The molecule has 0 bridgehead atoms. The quantitative estimate of drug-likeness (QED) is 0.477. The molecule has 2 heterocycles. The minimum atomic E-state index is -3.62. The highest BCUT2D eigenvalue weighted by Gasteiger charge is 2.30. The van der Waals surface area contributed by atoms with Gasteiger partial charge in [-0.3, -0.25) is 0 Å². The normalized spacial score (nSPS) is 18.9. The Kier molecular flexibility index (Phi) is 8.34. The number of hydrogen-bond acceptors (Lipinski definition) is 8. The molecule has 12 heteroatoms. The van der Waals surface area contributed by atoms with Crippen molar-refractivity contribution in [2.75, 3.05) is 49.3 Å². The fourth-order valence-electron chi connectivity index (χ4n) is 4.27. The highest BCUT2D eigenvalue weighted by molar-refractivity contribution is 7.90. The molecule has 2 aromatic carbocycles. The van der Waals surface area contributed by atoms with E-state index in [9.17, 15) is 22.7 Å². The van der Waals surface area contributed by atoms with Crippen LogP contribution in [0.1, 0.15) is 19.4 Å². The third-order valence-electron chi connectivity index (χ3n) is 6.17. The number of ether oxygens (including phenoxy) is 1. The Labute approximate surface area is 221 Å². The van der Waals surface area contributed by atoms with Gasteiger partial charge in [-0.2, -0.15) is 0 Å².